The molecule has 1 fully saturated rings. The molecule has 0 atom stereocenters. The Kier molecular flexibility index (Phi) is 7.61. The maximum Gasteiger partial charge on any atom is 0.321 e. The topological polar surface area (TPSA) is 61.4 Å². The van der Waals surface area contributed by atoms with Gasteiger partial charge in [-0.25, -0.2) is 9.18 Å². The van der Waals surface area contributed by atoms with Gasteiger partial charge in [0.15, 0.2) is 0 Å². The molecule has 0 radical (unpaired) electrons. The molecule has 29 heavy (non-hydrogen) atoms. The van der Waals surface area contributed by atoms with E-state index in [2.05, 4.69) is 22.8 Å². The molecule has 2 aromatic carbocycles. The summed E-state index contributed by atoms with van der Waals surface area (Å²) in [6.07, 6.45) is 4.02. The third-order valence-electron chi connectivity index (χ3n) is 5.30. The molecule has 3 amide bonds. The summed E-state index contributed by atoms with van der Waals surface area (Å²) in [4.78, 5) is 26.1. The molecule has 0 spiro atoms. The monoisotopic (exact) mass is 397 g/mol. The molecule has 0 bridgehead atoms. The summed E-state index contributed by atoms with van der Waals surface area (Å²) in [5, 5.41) is 5.83. The van der Waals surface area contributed by atoms with E-state index in [0.29, 0.717) is 37.7 Å². The van der Waals surface area contributed by atoms with E-state index in [1.54, 1.807) is 17.0 Å². The highest BCUT2D eigenvalue weighted by molar-refractivity contribution is 5.89. The zero-order valence-corrected chi connectivity index (χ0v) is 16.6. The molecular formula is C23H28FN3O2. The van der Waals surface area contributed by atoms with Crippen LogP contribution in [0, 0.1) is 11.7 Å². The fourth-order valence-electron chi connectivity index (χ4n) is 3.52. The van der Waals surface area contributed by atoms with Crippen molar-refractivity contribution in [2.24, 2.45) is 5.92 Å². The van der Waals surface area contributed by atoms with E-state index in [0.717, 1.165) is 25.7 Å². The maximum atomic E-state index is 12.9. The number of nitrogens with one attached hydrogen (secondary N) is 2. The normalized spacial score (nSPS) is 14.4. The molecular weight excluding hydrogens is 369 g/mol. The Morgan fingerprint density at radius 1 is 1.00 bits per heavy atom. The van der Waals surface area contributed by atoms with E-state index in [9.17, 15) is 14.0 Å². The van der Waals surface area contributed by atoms with Gasteiger partial charge in [0.2, 0.25) is 5.91 Å². The number of piperidine rings is 1. The summed E-state index contributed by atoms with van der Waals surface area (Å²) >= 11 is 0. The van der Waals surface area contributed by atoms with Gasteiger partial charge in [0.05, 0.1) is 0 Å². The number of amides is 3. The number of carbonyl (C=O) groups is 2. The zero-order valence-electron chi connectivity index (χ0n) is 16.6. The quantitative estimate of drug-likeness (QED) is 0.735. The van der Waals surface area contributed by atoms with Crippen LogP contribution in [0.15, 0.2) is 54.6 Å². The Bertz CT molecular complexity index is 788. The largest absolute Gasteiger partial charge is 0.356 e. The van der Waals surface area contributed by atoms with E-state index < -0.39 is 0 Å². The second-order valence-corrected chi connectivity index (χ2v) is 7.51. The van der Waals surface area contributed by atoms with Crippen molar-refractivity contribution in [2.45, 2.75) is 32.1 Å². The number of hydrogen-bond donors (Lipinski definition) is 2. The van der Waals surface area contributed by atoms with Gasteiger partial charge in [-0.1, -0.05) is 30.3 Å². The summed E-state index contributed by atoms with van der Waals surface area (Å²) in [5.41, 5.74) is 1.84. The Hall–Kier alpha value is -2.89. The predicted molar refractivity (Wildman–Crippen MR) is 112 cm³/mol. The number of benzene rings is 2. The van der Waals surface area contributed by atoms with Crippen LogP contribution < -0.4 is 10.6 Å². The van der Waals surface area contributed by atoms with Crippen molar-refractivity contribution in [1.82, 2.24) is 10.2 Å². The number of aryl methyl sites for hydroxylation is 1. The second kappa shape index (κ2) is 10.6. The molecule has 1 aliphatic heterocycles. The number of likely N-dealkylation sites (tertiary alicyclic amines) is 1. The van der Waals surface area contributed by atoms with Crippen molar-refractivity contribution < 1.29 is 14.0 Å². The number of carbonyl (C=O) groups excluding carboxylic acids is 2. The SMILES string of the molecule is O=C(CCCc1ccccc1)NCC1CCN(C(=O)Nc2ccc(F)cc2)CC1. The van der Waals surface area contributed by atoms with Crippen molar-refractivity contribution >= 4 is 17.6 Å². The lowest BCUT2D eigenvalue weighted by Gasteiger charge is -2.32. The van der Waals surface area contributed by atoms with E-state index >= 15 is 0 Å². The fourth-order valence-corrected chi connectivity index (χ4v) is 3.52. The lowest BCUT2D eigenvalue weighted by molar-refractivity contribution is -0.121. The lowest BCUT2D eigenvalue weighted by Crippen LogP contribution is -2.43. The molecule has 0 aromatic heterocycles. The fraction of sp³-hybridized carbons (Fsp3) is 0.391. The number of hydrogen-bond acceptors (Lipinski definition) is 2. The highest BCUT2D eigenvalue weighted by atomic mass is 19.1. The molecule has 0 unspecified atom stereocenters. The Morgan fingerprint density at radius 3 is 2.38 bits per heavy atom. The van der Waals surface area contributed by atoms with Crippen LogP contribution in [-0.2, 0) is 11.2 Å². The molecule has 1 heterocycles. The van der Waals surface area contributed by atoms with Gasteiger partial charge in [-0.3, -0.25) is 4.79 Å². The zero-order chi connectivity index (χ0) is 20.5. The smallest absolute Gasteiger partial charge is 0.321 e. The van der Waals surface area contributed by atoms with E-state index in [4.69, 9.17) is 0 Å². The van der Waals surface area contributed by atoms with Crippen LogP contribution in [0.2, 0.25) is 0 Å². The molecule has 0 aliphatic carbocycles. The molecule has 3 rings (SSSR count). The van der Waals surface area contributed by atoms with E-state index in [-0.39, 0.29) is 17.8 Å². The number of rotatable bonds is 7. The van der Waals surface area contributed by atoms with Crippen LogP contribution in [-0.4, -0.2) is 36.5 Å². The molecule has 1 saturated heterocycles. The van der Waals surface area contributed by atoms with Gasteiger partial charge in [-0.2, -0.15) is 0 Å². The van der Waals surface area contributed by atoms with Gasteiger partial charge in [0, 0.05) is 31.7 Å². The van der Waals surface area contributed by atoms with E-state index in [1.807, 2.05) is 18.2 Å². The second-order valence-electron chi connectivity index (χ2n) is 7.51. The first kappa shape index (κ1) is 20.8. The van der Waals surface area contributed by atoms with Crippen molar-refractivity contribution in [1.29, 1.82) is 0 Å². The third kappa shape index (κ3) is 6.89. The Morgan fingerprint density at radius 2 is 1.69 bits per heavy atom. The Balaban J connectivity index is 1.30. The first-order valence-corrected chi connectivity index (χ1v) is 10.2. The number of nitrogens with zero attached hydrogens (tertiary/aromatic N) is 1. The minimum Gasteiger partial charge on any atom is -0.356 e. The molecule has 0 saturated carbocycles. The third-order valence-corrected chi connectivity index (χ3v) is 5.30. The summed E-state index contributed by atoms with van der Waals surface area (Å²) < 4.78 is 12.9. The number of anilines is 1. The predicted octanol–water partition coefficient (Wildman–Crippen LogP) is 4.21. The van der Waals surface area contributed by atoms with Crippen molar-refractivity contribution in [3.05, 3.63) is 66.0 Å². The molecule has 154 valence electrons. The minimum atomic E-state index is -0.328. The van der Waals surface area contributed by atoms with Gasteiger partial charge in [0.25, 0.3) is 0 Å². The standard InChI is InChI=1S/C23H28FN3O2/c24-20-9-11-21(12-10-20)26-23(29)27-15-13-19(14-16-27)17-25-22(28)8-4-7-18-5-2-1-3-6-18/h1-3,5-6,9-12,19H,4,7-8,13-17H2,(H,25,28)(H,26,29). The molecule has 5 nitrogen and oxygen atoms in total. The Labute approximate surface area is 171 Å². The van der Waals surface area contributed by atoms with Gasteiger partial charge in [0.1, 0.15) is 5.82 Å². The van der Waals surface area contributed by atoms with Crippen molar-refractivity contribution in [3.8, 4) is 0 Å². The summed E-state index contributed by atoms with van der Waals surface area (Å²) in [5.74, 6) is 0.159. The molecule has 1 aliphatic rings. The molecule has 2 aromatic rings. The number of urea groups is 1. The first-order chi connectivity index (χ1) is 14.1. The van der Waals surface area contributed by atoms with Gasteiger partial charge < -0.3 is 15.5 Å². The first-order valence-electron chi connectivity index (χ1n) is 10.2. The van der Waals surface area contributed by atoms with Crippen LogP contribution in [0.25, 0.3) is 0 Å². The average Bonchev–Trinajstić information content (AvgIpc) is 2.75. The summed E-state index contributed by atoms with van der Waals surface area (Å²) in [6.45, 7) is 1.97. The lowest BCUT2D eigenvalue weighted by atomic mass is 9.97. The highest BCUT2D eigenvalue weighted by Crippen LogP contribution is 2.18. The molecule has 6 heteroatoms. The van der Waals surface area contributed by atoms with Crippen molar-refractivity contribution in [3.63, 3.8) is 0 Å². The van der Waals surface area contributed by atoms with Gasteiger partial charge in [-0.05, 0) is 61.4 Å². The highest BCUT2D eigenvalue weighted by Gasteiger charge is 2.23. The summed E-state index contributed by atoms with van der Waals surface area (Å²) in [7, 11) is 0. The van der Waals surface area contributed by atoms with Crippen molar-refractivity contribution in [2.75, 3.05) is 25.0 Å². The van der Waals surface area contributed by atoms with Crippen LogP contribution in [0.3, 0.4) is 0 Å². The van der Waals surface area contributed by atoms with Crippen LogP contribution >= 0.6 is 0 Å². The average molecular weight is 397 g/mol. The summed E-state index contributed by atoms with van der Waals surface area (Å²) in [6, 6.07) is 15.8. The molecule has 2 N–H and O–H groups in total. The van der Waals surface area contributed by atoms with Gasteiger partial charge >= 0.3 is 6.03 Å². The number of halogens is 1. The van der Waals surface area contributed by atoms with E-state index in [1.165, 1.54) is 17.7 Å². The minimum absolute atomic E-state index is 0.0948. The maximum absolute atomic E-state index is 12.9. The van der Waals surface area contributed by atoms with Crippen LogP contribution in [0.5, 0.6) is 0 Å². The van der Waals surface area contributed by atoms with Gasteiger partial charge in [-0.15, -0.1) is 0 Å². The van der Waals surface area contributed by atoms with Crippen LogP contribution in [0.4, 0.5) is 14.9 Å². The van der Waals surface area contributed by atoms with Crippen LogP contribution in [0.1, 0.15) is 31.2 Å².